The van der Waals surface area contributed by atoms with Crippen LogP contribution in [0, 0.1) is 0 Å². The summed E-state index contributed by atoms with van der Waals surface area (Å²) in [5.74, 6) is -0.598. The second-order valence-corrected chi connectivity index (χ2v) is 10.3. The Kier molecular flexibility index (Phi) is 9.71. The smallest absolute Gasteiger partial charge is 0.406 e. The first-order chi connectivity index (χ1) is 19.1. The van der Waals surface area contributed by atoms with Gasteiger partial charge in [-0.3, -0.25) is 9.59 Å². The first-order valence-corrected chi connectivity index (χ1v) is 13.7. The van der Waals surface area contributed by atoms with Crippen molar-refractivity contribution in [1.82, 2.24) is 15.2 Å². The van der Waals surface area contributed by atoms with Crippen molar-refractivity contribution in [2.24, 2.45) is 0 Å². The maximum atomic E-state index is 13.0. The molecule has 0 aliphatic carbocycles. The average molecular weight is 593 g/mol. The molecule has 0 radical (unpaired) electrons. The molecule has 0 unspecified atom stereocenters. The summed E-state index contributed by atoms with van der Waals surface area (Å²) < 4.78 is 46.2. The van der Waals surface area contributed by atoms with Gasteiger partial charge in [0, 0.05) is 42.7 Å². The number of piperidine rings is 1. The zero-order valence-corrected chi connectivity index (χ0v) is 23.1. The van der Waals surface area contributed by atoms with Crippen LogP contribution in [0.25, 0.3) is 11.1 Å². The molecule has 40 heavy (non-hydrogen) atoms. The molecular formula is C27H27F3N4O4S2. The van der Waals surface area contributed by atoms with E-state index in [4.69, 9.17) is 17.0 Å². The number of halogens is 3. The van der Waals surface area contributed by atoms with Crippen LogP contribution >= 0.6 is 23.6 Å². The van der Waals surface area contributed by atoms with E-state index < -0.39 is 6.36 Å². The van der Waals surface area contributed by atoms with Crippen LogP contribution in [0.5, 0.6) is 5.75 Å². The number of hydrogen-bond donors (Lipinski definition) is 2. The minimum absolute atomic E-state index is 0.0388. The topological polar surface area (TPSA) is 92.8 Å². The molecule has 2 heterocycles. The second kappa shape index (κ2) is 13.2. The Morgan fingerprint density at radius 1 is 1.12 bits per heavy atom. The number of carbonyl (C=O) groups excluding carboxylic acids is 2. The lowest BCUT2D eigenvalue weighted by atomic mass is 9.98. The van der Waals surface area contributed by atoms with Crippen LogP contribution in [0.3, 0.4) is 0 Å². The van der Waals surface area contributed by atoms with Crippen molar-refractivity contribution in [1.29, 1.82) is 0 Å². The fourth-order valence-corrected chi connectivity index (χ4v) is 5.50. The highest BCUT2D eigenvalue weighted by Crippen LogP contribution is 2.33. The summed E-state index contributed by atoms with van der Waals surface area (Å²) in [7, 11) is 1.47. The largest absolute Gasteiger partial charge is 0.573 e. The van der Waals surface area contributed by atoms with Gasteiger partial charge in [-0.2, -0.15) is 0 Å². The molecule has 1 aliphatic rings. The van der Waals surface area contributed by atoms with Crippen LogP contribution in [0.2, 0.25) is 0 Å². The van der Waals surface area contributed by atoms with E-state index in [1.165, 1.54) is 42.7 Å². The standard InChI is InChI=1S/C27H27F3N4O4S2/c1-37-15-19(35)14-31-26(39)34-12-10-18(11-13-34)25-33-23(16-40-25)24(36)32-22-5-3-2-4-21(22)17-6-8-20(9-7-17)38-27(28,29)30/h2-9,16,18H,10-15H2,1H3,(H,31,39)(H,32,36). The number of alkyl halides is 3. The highest BCUT2D eigenvalue weighted by atomic mass is 32.1. The molecule has 1 fully saturated rings. The number of rotatable bonds is 9. The van der Waals surface area contributed by atoms with Crippen LogP contribution in [0.15, 0.2) is 53.9 Å². The second-order valence-electron chi connectivity index (χ2n) is 9.03. The number of amides is 1. The number of hydrogen-bond acceptors (Lipinski definition) is 7. The molecule has 0 saturated carbocycles. The van der Waals surface area contributed by atoms with Gasteiger partial charge in [-0.15, -0.1) is 24.5 Å². The predicted octanol–water partition coefficient (Wildman–Crippen LogP) is 5.23. The Labute approximate surface area is 238 Å². The molecule has 3 aromatic rings. The number of likely N-dealkylation sites (tertiary alicyclic amines) is 1. The Hall–Kier alpha value is -3.55. The van der Waals surface area contributed by atoms with Crippen molar-refractivity contribution >= 4 is 46.0 Å². The molecule has 1 aliphatic heterocycles. The fraction of sp³-hybridized carbons (Fsp3) is 0.333. The Morgan fingerprint density at radius 3 is 2.50 bits per heavy atom. The highest BCUT2D eigenvalue weighted by molar-refractivity contribution is 7.80. The number of anilines is 1. The molecule has 4 rings (SSSR count). The zero-order chi connectivity index (χ0) is 28.7. The quantitative estimate of drug-likeness (QED) is 0.327. The van der Waals surface area contributed by atoms with E-state index in [0.29, 0.717) is 40.7 Å². The molecule has 0 bridgehead atoms. The number of Topliss-reactive ketones (excluding diaryl/α,β-unsaturated/α-hetero) is 1. The summed E-state index contributed by atoms with van der Waals surface area (Å²) in [6.45, 7) is 1.57. The van der Waals surface area contributed by atoms with E-state index in [2.05, 4.69) is 20.4 Å². The van der Waals surface area contributed by atoms with Gasteiger partial charge in [0.05, 0.1) is 11.6 Å². The molecule has 13 heteroatoms. The number of thiocarbonyl (C=S) groups is 1. The summed E-state index contributed by atoms with van der Waals surface area (Å²) in [5, 5.41) is 8.96. The number of carbonyl (C=O) groups is 2. The molecule has 1 amide bonds. The number of benzene rings is 2. The normalized spacial score (nSPS) is 14.1. The van der Waals surface area contributed by atoms with Gasteiger partial charge in [0.15, 0.2) is 10.9 Å². The summed E-state index contributed by atoms with van der Waals surface area (Å²) >= 11 is 6.84. The van der Waals surface area contributed by atoms with E-state index in [1.807, 2.05) is 4.90 Å². The predicted molar refractivity (Wildman–Crippen MR) is 150 cm³/mol. The van der Waals surface area contributed by atoms with Crippen molar-refractivity contribution in [3.63, 3.8) is 0 Å². The van der Waals surface area contributed by atoms with Gasteiger partial charge in [-0.1, -0.05) is 30.3 Å². The first-order valence-electron chi connectivity index (χ1n) is 12.4. The van der Waals surface area contributed by atoms with Crippen LogP contribution in [0.4, 0.5) is 18.9 Å². The van der Waals surface area contributed by atoms with E-state index >= 15 is 0 Å². The lowest BCUT2D eigenvalue weighted by Crippen LogP contribution is -2.45. The van der Waals surface area contributed by atoms with Crippen LogP contribution in [0.1, 0.15) is 34.3 Å². The number of methoxy groups -OCH3 is 1. The zero-order valence-electron chi connectivity index (χ0n) is 21.5. The number of nitrogens with zero attached hydrogens (tertiary/aromatic N) is 2. The Bertz CT molecular complexity index is 1340. The molecule has 2 aromatic carbocycles. The third-order valence-corrected chi connectivity index (χ3v) is 7.61. The van der Waals surface area contributed by atoms with E-state index in [-0.39, 0.29) is 36.5 Å². The van der Waals surface area contributed by atoms with Gasteiger partial charge in [-0.05, 0) is 48.8 Å². The summed E-state index contributed by atoms with van der Waals surface area (Å²) in [6, 6.07) is 12.5. The van der Waals surface area contributed by atoms with E-state index in [0.717, 1.165) is 17.8 Å². The number of ketones is 1. The average Bonchev–Trinajstić information content (AvgIpc) is 3.43. The van der Waals surface area contributed by atoms with Crippen molar-refractivity contribution in [2.75, 3.05) is 38.7 Å². The maximum Gasteiger partial charge on any atom is 0.573 e. The van der Waals surface area contributed by atoms with E-state index in [1.54, 1.807) is 29.6 Å². The number of ether oxygens (including phenoxy) is 2. The molecule has 2 N–H and O–H groups in total. The molecule has 8 nitrogen and oxygen atoms in total. The van der Waals surface area contributed by atoms with Crippen molar-refractivity contribution in [3.8, 4) is 16.9 Å². The van der Waals surface area contributed by atoms with Crippen molar-refractivity contribution in [2.45, 2.75) is 25.1 Å². The van der Waals surface area contributed by atoms with Gasteiger partial charge >= 0.3 is 6.36 Å². The Morgan fingerprint density at radius 2 is 1.82 bits per heavy atom. The molecule has 1 aromatic heterocycles. The number of aromatic nitrogens is 1. The summed E-state index contributed by atoms with van der Waals surface area (Å²) in [4.78, 5) is 31.3. The van der Waals surface area contributed by atoms with Gasteiger partial charge in [-0.25, -0.2) is 4.98 Å². The van der Waals surface area contributed by atoms with Gasteiger partial charge in [0.2, 0.25) is 0 Å². The number of thiazole rings is 1. The van der Waals surface area contributed by atoms with Crippen LogP contribution < -0.4 is 15.4 Å². The molecule has 1 saturated heterocycles. The minimum atomic E-state index is -4.77. The minimum Gasteiger partial charge on any atom is -0.406 e. The maximum absolute atomic E-state index is 13.0. The van der Waals surface area contributed by atoms with Gasteiger partial charge in [0.25, 0.3) is 5.91 Å². The molecule has 0 spiro atoms. The van der Waals surface area contributed by atoms with Crippen LogP contribution in [-0.4, -0.2) is 66.4 Å². The fourth-order valence-electron chi connectivity index (χ4n) is 4.27. The molecular weight excluding hydrogens is 565 g/mol. The van der Waals surface area contributed by atoms with Crippen molar-refractivity contribution in [3.05, 3.63) is 64.6 Å². The monoisotopic (exact) mass is 592 g/mol. The lowest BCUT2D eigenvalue weighted by molar-refractivity contribution is -0.274. The van der Waals surface area contributed by atoms with Crippen LogP contribution in [-0.2, 0) is 9.53 Å². The summed E-state index contributed by atoms with van der Waals surface area (Å²) in [6.07, 6.45) is -3.16. The lowest BCUT2D eigenvalue weighted by Gasteiger charge is -2.33. The Balaban J connectivity index is 1.34. The number of nitrogens with one attached hydrogen (secondary N) is 2. The first kappa shape index (κ1) is 29.4. The molecule has 212 valence electrons. The van der Waals surface area contributed by atoms with Gasteiger partial charge < -0.3 is 25.0 Å². The third kappa shape index (κ3) is 7.99. The highest BCUT2D eigenvalue weighted by Gasteiger charge is 2.31. The third-order valence-electron chi connectivity index (χ3n) is 6.20. The summed E-state index contributed by atoms with van der Waals surface area (Å²) in [5.41, 5.74) is 2.06. The molecule has 0 atom stereocenters. The SMILES string of the molecule is COCC(=O)CNC(=S)N1CCC(c2nc(C(=O)Nc3ccccc3-c3ccc(OC(F)(F)F)cc3)cs2)CC1. The number of para-hydroxylation sites is 1. The van der Waals surface area contributed by atoms with Crippen molar-refractivity contribution < 1.29 is 32.2 Å². The van der Waals surface area contributed by atoms with E-state index in [9.17, 15) is 22.8 Å². The van der Waals surface area contributed by atoms with Gasteiger partial charge in [0.1, 0.15) is 18.1 Å².